The molecule has 92 valence electrons. The summed E-state index contributed by atoms with van der Waals surface area (Å²) in [5, 5.41) is -0.122. The number of pyridine rings is 1. The Morgan fingerprint density at radius 2 is 2.44 bits per heavy atom. The number of aromatic nitrogens is 2. The number of rotatable bonds is 2. The number of hydrogen-bond donors (Lipinski definition) is 1. The van der Waals surface area contributed by atoms with Crippen LogP contribution in [0.5, 0.6) is 0 Å². The Kier molecular flexibility index (Phi) is 2.83. The molecular formula is C12H11N3OS2. The molecule has 0 aromatic carbocycles. The molecule has 1 aliphatic heterocycles. The number of nitrogens with zero attached hydrogens (tertiary/aromatic N) is 2. The van der Waals surface area contributed by atoms with Crippen LogP contribution in [0, 0.1) is 0 Å². The standard InChI is InChI=1S/C12H11N3OS2/c1-15-11(16)9(18-12(15)17)5-7-6-14-8-3-2-4-13-10(7)8/h2-4,6,9,14H,5H2,1H3. The van der Waals surface area contributed by atoms with Gasteiger partial charge in [0, 0.05) is 19.4 Å². The first-order valence-electron chi connectivity index (χ1n) is 5.56. The molecule has 3 heterocycles. The van der Waals surface area contributed by atoms with Crippen molar-refractivity contribution < 1.29 is 4.79 Å². The number of thioether (sulfide) groups is 1. The first-order chi connectivity index (χ1) is 8.66. The van der Waals surface area contributed by atoms with E-state index in [9.17, 15) is 4.79 Å². The van der Waals surface area contributed by atoms with Crippen LogP contribution in [0.4, 0.5) is 0 Å². The van der Waals surface area contributed by atoms with Crippen molar-refractivity contribution >= 4 is 45.2 Å². The Labute approximate surface area is 114 Å². The molecule has 6 heteroatoms. The quantitative estimate of drug-likeness (QED) is 0.853. The van der Waals surface area contributed by atoms with E-state index in [4.69, 9.17) is 12.2 Å². The van der Waals surface area contributed by atoms with Gasteiger partial charge in [0.15, 0.2) is 0 Å². The third kappa shape index (κ3) is 1.81. The Morgan fingerprint density at radius 1 is 1.61 bits per heavy atom. The smallest absolute Gasteiger partial charge is 0.241 e. The highest BCUT2D eigenvalue weighted by Gasteiger charge is 2.34. The Balaban J connectivity index is 1.89. The van der Waals surface area contributed by atoms with E-state index in [2.05, 4.69) is 9.97 Å². The minimum absolute atomic E-state index is 0.0790. The normalized spacial score (nSPS) is 20.1. The highest BCUT2D eigenvalue weighted by molar-refractivity contribution is 8.24. The zero-order valence-electron chi connectivity index (χ0n) is 9.71. The first kappa shape index (κ1) is 11.7. The van der Waals surface area contributed by atoms with Crippen LogP contribution in [0.15, 0.2) is 24.5 Å². The van der Waals surface area contributed by atoms with Crippen LogP contribution in [0.2, 0.25) is 0 Å². The third-order valence-corrected chi connectivity index (χ3v) is 4.73. The molecule has 1 unspecified atom stereocenters. The number of H-pyrrole nitrogens is 1. The Bertz CT molecular complexity index is 637. The lowest BCUT2D eigenvalue weighted by atomic mass is 10.1. The second-order valence-electron chi connectivity index (χ2n) is 4.19. The molecule has 18 heavy (non-hydrogen) atoms. The fourth-order valence-corrected chi connectivity index (χ4v) is 3.50. The molecule has 1 fully saturated rings. The van der Waals surface area contributed by atoms with Crippen LogP contribution < -0.4 is 0 Å². The number of carbonyl (C=O) groups is 1. The molecule has 1 amide bonds. The average Bonchev–Trinajstić information content (AvgIpc) is 2.89. The molecule has 4 nitrogen and oxygen atoms in total. The van der Waals surface area contributed by atoms with Crippen molar-refractivity contribution in [2.45, 2.75) is 11.7 Å². The number of aromatic amines is 1. The van der Waals surface area contributed by atoms with Gasteiger partial charge >= 0.3 is 0 Å². The summed E-state index contributed by atoms with van der Waals surface area (Å²) in [4.78, 5) is 21.0. The SMILES string of the molecule is CN1C(=O)C(Cc2c[nH]c3cccnc23)SC1=S. The summed E-state index contributed by atoms with van der Waals surface area (Å²) < 4.78 is 0.651. The van der Waals surface area contributed by atoms with E-state index in [-0.39, 0.29) is 11.2 Å². The lowest BCUT2D eigenvalue weighted by Gasteiger charge is -2.07. The summed E-state index contributed by atoms with van der Waals surface area (Å²) >= 11 is 6.59. The molecule has 1 saturated heterocycles. The van der Waals surface area contributed by atoms with Crippen LogP contribution in [0.25, 0.3) is 11.0 Å². The van der Waals surface area contributed by atoms with Gasteiger partial charge < -0.3 is 4.98 Å². The van der Waals surface area contributed by atoms with Crippen molar-refractivity contribution in [3.63, 3.8) is 0 Å². The first-order valence-corrected chi connectivity index (χ1v) is 6.85. The summed E-state index contributed by atoms with van der Waals surface area (Å²) in [6, 6.07) is 3.87. The van der Waals surface area contributed by atoms with Gasteiger partial charge in [0.05, 0.1) is 16.3 Å². The van der Waals surface area contributed by atoms with Crippen LogP contribution in [0.1, 0.15) is 5.56 Å². The van der Waals surface area contributed by atoms with Crippen LogP contribution in [-0.4, -0.2) is 37.4 Å². The molecule has 1 atom stereocenters. The topological polar surface area (TPSA) is 49.0 Å². The molecule has 1 N–H and O–H groups in total. The second kappa shape index (κ2) is 4.37. The summed E-state index contributed by atoms with van der Waals surface area (Å²) in [5.41, 5.74) is 3.00. The molecule has 1 aliphatic rings. The molecule has 2 aromatic heterocycles. The van der Waals surface area contributed by atoms with Crippen molar-refractivity contribution in [3.05, 3.63) is 30.1 Å². The van der Waals surface area contributed by atoms with Gasteiger partial charge in [0.25, 0.3) is 0 Å². The molecular weight excluding hydrogens is 266 g/mol. The maximum atomic E-state index is 12.0. The molecule has 0 radical (unpaired) electrons. The number of hydrogen-bond acceptors (Lipinski definition) is 4. The van der Waals surface area contributed by atoms with Gasteiger partial charge in [0.1, 0.15) is 4.32 Å². The summed E-state index contributed by atoms with van der Waals surface area (Å²) in [6.45, 7) is 0. The molecule has 0 saturated carbocycles. The van der Waals surface area contributed by atoms with E-state index in [0.29, 0.717) is 10.7 Å². The second-order valence-corrected chi connectivity index (χ2v) is 6.02. The van der Waals surface area contributed by atoms with Crippen molar-refractivity contribution in [2.75, 3.05) is 7.05 Å². The number of amides is 1. The predicted octanol–water partition coefficient (Wildman–Crippen LogP) is 1.96. The molecule has 0 aliphatic carbocycles. The fourth-order valence-electron chi connectivity index (χ4n) is 2.05. The number of fused-ring (bicyclic) bond motifs is 1. The number of nitrogens with one attached hydrogen (secondary N) is 1. The van der Waals surface area contributed by atoms with Gasteiger partial charge in [-0.1, -0.05) is 24.0 Å². The van der Waals surface area contributed by atoms with Gasteiger partial charge in [-0.05, 0) is 24.1 Å². The van der Waals surface area contributed by atoms with Gasteiger partial charge in [-0.15, -0.1) is 0 Å². The summed E-state index contributed by atoms with van der Waals surface area (Å²) in [7, 11) is 1.73. The summed E-state index contributed by atoms with van der Waals surface area (Å²) in [6.07, 6.45) is 4.35. The van der Waals surface area contributed by atoms with Crippen molar-refractivity contribution in [1.82, 2.24) is 14.9 Å². The molecule has 2 aromatic rings. The maximum Gasteiger partial charge on any atom is 0.241 e. The van der Waals surface area contributed by atoms with Gasteiger partial charge in [-0.25, -0.2) is 0 Å². The largest absolute Gasteiger partial charge is 0.360 e. The van der Waals surface area contributed by atoms with E-state index >= 15 is 0 Å². The van der Waals surface area contributed by atoms with Crippen molar-refractivity contribution in [2.24, 2.45) is 0 Å². The van der Waals surface area contributed by atoms with Gasteiger partial charge in [-0.2, -0.15) is 0 Å². The lowest BCUT2D eigenvalue weighted by Crippen LogP contribution is -2.28. The fraction of sp³-hybridized carbons (Fsp3) is 0.250. The van der Waals surface area contributed by atoms with Crippen molar-refractivity contribution in [3.8, 4) is 0 Å². The van der Waals surface area contributed by atoms with E-state index in [1.165, 1.54) is 11.8 Å². The third-order valence-electron chi connectivity index (χ3n) is 3.04. The van der Waals surface area contributed by atoms with Crippen LogP contribution >= 0.6 is 24.0 Å². The van der Waals surface area contributed by atoms with Crippen molar-refractivity contribution in [1.29, 1.82) is 0 Å². The highest BCUT2D eigenvalue weighted by atomic mass is 32.2. The maximum absolute atomic E-state index is 12.0. The minimum Gasteiger partial charge on any atom is -0.360 e. The average molecular weight is 277 g/mol. The summed E-state index contributed by atoms with van der Waals surface area (Å²) in [5.74, 6) is 0.0790. The number of thiocarbonyl (C=S) groups is 1. The van der Waals surface area contributed by atoms with E-state index in [1.54, 1.807) is 18.1 Å². The zero-order chi connectivity index (χ0) is 12.7. The predicted molar refractivity (Wildman–Crippen MR) is 76.5 cm³/mol. The van der Waals surface area contributed by atoms with Gasteiger partial charge in [-0.3, -0.25) is 14.7 Å². The lowest BCUT2D eigenvalue weighted by molar-refractivity contribution is -0.125. The van der Waals surface area contributed by atoms with Gasteiger partial charge in [0.2, 0.25) is 5.91 Å². The minimum atomic E-state index is -0.122. The van der Waals surface area contributed by atoms with E-state index < -0.39 is 0 Å². The zero-order valence-corrected chi connectivity index (χ0v) is 11.3. The van der Waals surface area contributed by atoms with Crippen LogP contribution in [0.3, 0.4) is 0 Å². The molecule has 3 rings (SSSR count). The monoisotopic (exact) mass is 277 g/mol. The highest BCUT2D eigenvalue weighted by Crippen LogP contribution is 2.30. The number of carbonyl (C=O) groups excluding carboxylic acids is 1. The molecule has 0 bridgehead atoms. The van der Waals surface area contributed by atoms with E-state index in [1.807, 2.05) is 18.3 Å². The molecule has 0 spiro atoms. The Hall–Kier alpha value is -1.40. The Morgan fingerprint density at radius 3 is 3.17 bits per heavy atom. The van der Waals surface area contributed by atoms with E-state index in [0.717, 1.165) is 16.6 Å². The van der Waals surface area contributed by atoms with Crippen LogP contribution in [-0.2, 0) is 11.2 Å².